The lowest BCUT2D eigenvalue weighted by molar-refractivity contribution is -0.344. The first kappa shape index (κ1) is 57.5. The van der Waals surface area contributed by atoms with Crippen LogP contribution < -0.4 is 0 Å². The zero-order valence-electron chi connectivity index (χ0n) is 42.6. The van der Waals surface area contributed by atoms with Gasteiger partial charge in [0.05, 0.1) is 30.8 Å². The minimum Gasteiger partial charge on any atom is -0.463 e. The Morgan fingerprint density at radius 1 is 0.884 bits per heavy atom. The van der Waals surface area contributed by atoms with Crippen LogP contribution in [-0.4, -0.2) is 171 Å². The molecule has 19 heteroatoms. The predicted octanol–water partition coefficient (Wildman–Crippen LogP) is 4.30. The predicted molar refractivity (Wildman–Crippen MR) is 248 cm³/mol. The molecule has 3 fully saturated rings. The summed E-state index contributed by atoms with van der Waals surface area (Å²) in [6, 6.07) is 8.97. The molecular weight excluding hydrogens is 901 g/mol. The van der Waals surface area contributed by atoms with Gasteiger partial charge in [0.2, 0.25) is 0 Å². The zero-order chi connectivity index (χ0) is 51.2. The second-order valence-corrected chi connectivity index (χ2v) is 19.1. The average Bonchev–Trinajstić information content (AvgIpc) is 3.27. The zero-order valence-corrected chi connectivity index (χ0v) is 42.6. The van der Waals surface area contributed by atoms with E-state index in [2.05, 4.69) is 4.90 Å². The number of aliphatic hydroxyl groups is 1. The van der Waals surface area contributed by atoms with Crippen molar-refractivity contribution in [2.75, 3.05) is 34.3 Å². The van der Waals surface area contributed by atoms with E-state index in [1.54, 1.807) is 60.5 Å². The molecule has 1 N–H and O–H groups in total. The summed E-state index contributed by atoms with van der Waals surface area (Å²) in [4.78, 5) is 81.1. The van der Waals surface area contributed by atoms with Crippen LogP contribution in [0.4, 0.5) is 0 Å². The fraction of sp³-hybridized carbons (Fsp3) is 0.760. The number of cyclic esters (lactones) is 1. The van der Waals surface area contributed by atoms with Crippen LogP contribution in [0, 0.1) is 11.8 Å². The number of esters is 5. The maximum Gasteiger partial charge on any atom is 0.309 e. The summed E-state index contributed by atoms with van der Waals surface area (Å²) >= 11 is 0. The summed E-state index contributed by atoms with van der Waals surface area (Å²) in [7, 11) is 4.86. The Balaban J connectivity index is 1.75. The van der Waals surface area contributed by atoms with Gasteiger partial charge in [-0.1, -0.05) is 51.1 Å². The molecule has 4 rings (SSSR count). The van der Waals surface area contributed by atoms with Gasteiger partial charge in [-0.15, -0.1) is 0 Å². The van der Waals surface area contributed by atoms with Crippen LogP contribution >= 0.6 is 0 Å². The van der Waals surface area contributed by atoms with E-state index < -0.39 is 133 Å². The van der Waals surface area contributed by atoms with Crippen LogP contribution in [0.3, 0.4) is 0 Å². The van der Waals surface area contributed by atoms with Crippen molar-refractivity contribution in [3.63, 3.8) is 0 Å². The van der Waals surface area contributed by atoms with Crippen molar-refractivity contribution in [3.05, 3.63) is 35.9 Å². The number of likely N-dealkylation sites (N-methyl/N-ethyl adjacent to an activating group) is 1. The number of nitrogens with zero attached hydrogens (tertiary/aromatic N) is 2. The molecule has 0 spiro atoms. The fourth-order valence-corrected chi connectivity index (χ4v) is 9.78. The maximum absolute atomic E-state index is 13.8. The number of aliphatic hydroxyl groups excluding tert-OH is 1. The highest BCUT2D eigenvalue weighted by Crippen LogP contribution is 2.39. The average molecular weight is 979 g/mol. The number of ether oxygens (including phenoxy) is 10. The fourth-order valence-electron chi connectivity index (χ4n) is 9.78. The molecule has 3 heterocycles. The molecule has 0 aromatic heterocycles. The van der Waals surface area contributed by atoms with E-state index in [4.69, 9.17) is 47.4 Å². The quantitative estimate of drug-likeness (QED) is 0.139. The van der Waals surface area contributed by atoms with Crippen LogP contribution in [-0.2, 0) is 82.7 Å². The lowest BCUT2D eigenvalue weighted by Gasteiger charge is -2.50. The van der Waals surface area contributed by atoms with Crippen molar-refractivity contribution in [2.24, 2.45) is 11.8 Å². The Morgan fingerprint density at radius 2 is 1.55 bits per heavy atom. The Bertz CT molecular complexity index is 1820. The largest absolute Gasteiger partial charge is 0.463 e. The molecule has 0 unspecified atom stereocenters. The Labute approximate surface area is 407 Å². The van der Waals surface area contributed by atoms with Crippen LogP contribution in [0.1, 0.15) is 113 Å². The van der Waals surface area contributed by atoms with Gasteiger partial charge in [-0.2, -0.15) is 0 Å². The second-order valence-electron chi connectivity index (χ2n) is 19.1. The molecule has 3 saturated heterocycles. The van der Waals surface area contributed by atoms with Crippen LogP contribution in [0.5, 0.6) is 0 Å². The van der Waals surface area contributed by atoms with E-state index in [0.29, 0.717) is 26.1 Å². The molecule has 0 bridgehead atoms. The standard InChI is InChI=1S/C50H78N2O17/c1-13-39(56)65-37-25-41(58)61-30(4)20-22-52(27-35-18-16-15-17-19-35)28-38(64-33(7)54)29(3)24-36(21-23-53)46(47(37)60-12)68-49-44(59)43(51(10)11)45(31(5)63-49)67-42-26-50(9,69-34(8)55)48(32(6)62-42)66-40(57)14-2/h15-19,23,29-32,36-38,42-49,59H,13-14,20-22,24-28H2,1-12H3/t29-,30-,31-,32+,36+,37-,38+,42+,43-,44-,45-,46+,47+,48+,49+,50-/m1/s1. The van der Waals surface area contributed by atoms with E-state index in [1.165, 1.54) is 21.0 Å². The van der Waals surface area contributed by atoms with E-state index in [0.717, 1.165) is 11.8 Å². The second kappa shape index (κ2) is 26.9. The number of aldehydes is 1. The van der Waals surface area contributed by atoms with Gasteiger partial charge in [-0.25, -0.2) is 0 Å². The van der Waals surface area contributed by atoms with Crippen molar-refractivity contribution in [1.82, 2.24) is 9.80 Å². The molecule has 0 aliphatic carbocycles. The molecule has 0 saturated carbocycles. The van der Waals surface area contributed by atoms with Gasteiger partial charge in [-0.05, 0) is 72.0 Å². The third kappa shape index (κ3) is 16.5. The maximum atomic E-state index is 13.8. The monoisotopic (exact) mass is 979 g/mol. The van der Waals surface area contributed by atoms with Gasteiger partial charge < -0.3 is 62.2 Å². The number of rotatable bonds is 16. The number of methoxy groups -OCH3 is 1. The molecule has 16 atom stereocenters. The van der Waals surface area contributed by atoms with Gasteiger partial charge >= 0.3 is 29.8 Å². The molecule has 19 nitrogen and oxygen atoms in total. The summed E-state index contributed by atoms with van der Waals surface area (Å²) in [5.41, 5.74) is -0.309. The van der Waals surface area contributed by atoms with E-state index >= 15 is 0 Å². The molecule has 0 radical (unpaired) electrons. The van der Waals surface area contributed by atoms with Crippen molar-refractivity contribution >= 4 is 36.1 Å². The summed E-state index contributed by atoms with van der Waals surface area (Å²) in [6.45, 7) is 15.9. The molecule has 390 valence electrons. The molecule has 1 aromatic rings. The molecule has 3 aliphatic heterocycles. The minimum absolute atomic E-state index is 0.0258. The smallest absolute Gasteiger partial charge is 0.309 e. The van der Waals surface area contributed by atoms with Gasteiger partial charge in [0.1, 0.15) is 42.9 Å². The Hall–Kier alpha value is -4.08. The molecule has 3 aliphatic rings. The van der Waals surface area contributed by atoms with Crippen LogP contribution in [0.2, 0.25) is 0 Å². The first-order valence-corrected chi connectivity index (χ1v) is 24.3. The van der Waals surface area contributed by atoms with Gasteiger partial charge in [0.25, 0.3) is 0 Å². The lowest BCUT2D eigenvalue weighted by Crippen LogP contribution is -2.66. The minimum atomic E-state index is -1.45. The van der Waals surface area contributed by atoms with Crippen molar-refractivity contribution in [2.45, 2.75) is 199 Å². The highest BCUT2D eigenvalue weighted by Gasteiger charge is 2.54. The number of hydrogen-bond acceptors (Lipinski definition) is 19. The molecule has 1 aromatic carbocycles. The lowest BCUT2D eigenvalue weighted by atomic mass is 9.82. The number of benzene rings is 1. The summed E-state index contributed by atoms with van der Waals surface area (Å²) in [6.07, 6.45) is -11.4. The van der Waals surface area contributed by atoms with Crippen molar-refractivity contribution in [1.29, 1.82) is 0 Å². The molecule has 0 amide bonds. The topological polar surface area (TPSA) is 221 Å². The van der Waals surface area contributed by atoms with Gasteiger partial charge in [0.15, 0.2) is 24.3 Å². The summed E-state index contributed by atoms with van der Waals surface area (Å²) in [5, 5.41) is 12.4. The summed E-state index contributed by atoms with van der Waals surface area (Å²) in [5.74, 6) is -4.01. The highest BCUT2D eigenvalue weighted by molar-refractivity contribution is 5.73. The molecule has 69 heavy (non-hydrogen) atoms. The number of hydrogen-bond donors (Lipinski definition) is 1. The van der Waals surface area contributed by atoms with E-state index in [9.17, 15) is 33.9 Å². The Morgan fingerprint density at radius 3 is 2.14 bits per heavy atom. The highest BCUT2D eigenvalue weighted by atomic mass is 16.7. The third-order valence-electron chi connectivity index (χ3n) is 13.1. The van der Waals surface area contributed by atoms with Crippen molar-refractivity contribution < 1.29 is 81.2 Å². The van der Waals surface area contributed by atoms with Gasteiger partial charge in [0, 0.05) is 66.3 Å². The number of carbonyl (C=O) groups excluding carboxylic acids is 6. The van der Waals surface area contributed by atoms with Crippen LogP contribution in [0.15, 0.2) is 30.3 Å². The first-order valence-electron chi connectivity index (χ1n) is 24.3. The summed E-state index contributed by atoms with van der Waals surface area (Å²) < 4.78 is 61.7. The van der Waals surface area contributed by atoms with E-state index in [1.807, 2.05) is 37.3 Å². The SMILES string of the molecule is CCC(=O)O[C@@H]1CC(=O)O[C@H](C)CCN(Cc2ccccc2)C[C@H](OC(C)=O)[C@H](C)C[C@H](CC=O)[C@H](O[C@@H]2O[C@H](C)[C@@H](O[C@H]3C[C@@](C)(OC(C)=O)[C@@H](OC(=O)CC)[C@H](C)O3)[C@H](N(C)C)[C@H]2O)[C@H]1OC. The van der Waals surface area contributed by atoms with Crippen molar-refractivity contribution in [3.8, 4) is 0 Å². The van der Waals surface area contributed by atoms with Crippen LogP contribution in [0.25, 0.3) is 0 Å². The third-order valence-corrected chi connectivity index (χ3v) is 13.1. The first-order chi connectivity index (χ1) is 32.6. The number of carbonyl (C=O) groups is 6. The Kier molecular flexibility index (Phi) is 22.4. The molecular formula is C50H78N2O17. The van der Waals surface area contributed by atoms with E-state index in [-0.39, 0.29) is 32.1 Å². The normalized spacial score (nSPS) is 35.4. The van der Waals surface area contributed by atoms with Gasteiger partial charge in [-0.3, -0.25) is 28.9 Å².